The number of piperazine rings is 1. The van der Waals surface area contributed by atoms with E-state index in [0.717, 1.165) is 38.1 Å². The van der Waals surface area contributed by atoms with Gasteiger partial charge in [-0.2, -0.15) is 0 Å². The molecule has 1 aliphatic carbocycles. The predicted molar refractivity (Wildman–Crippen MR) is 89.6 cm³/mol. The minimum Gasteiger partial charge on any atom is -0.339 e. The standard InChI is InChI=1S/C16H31N3O.ClH/c1-12(2)15(17)16(20)19-10-8-18(9-11-19)14-6-4-13(3)5-7-14;/h12-15H,4-11,17H2,1-3H3;1H/t13?,14?,15-;/m0./s1. The summed E-state index contributed by atoms with van der Waals surface area (Å²) in [5, 5.41) is 0. The highest BCUT2D eigenvalue weighted by atomic mass is 35.5. The van der Waals surface area contributed by atoms with Crippen LogP contribution in [0.1, 0.15) is 46.5 Å². The van der Waals surface area contributed by atoms with Crippen molar-refractivity contribution in [2.24, 2.45) is 17.6 Å². The fraction of sp³-hybridized carbons (Fsp3) is 0.938. The molecule has 124 valence electrons. The van der Waals surface area contributed by atoms with Gasteiger partial charge in [0.15, 0.2) is 0 Å². The Labute approximate surface area is 135 Å². The number of nitrogens with two attached hydrogens (primary N) is 1. The van der Waals surface area contributed by atoms with Gasteiger partial charge in [0, 0.05) is 32.2 Å². The van der Waals surface area contributed by atoms with Crippen molar-refractivity contribution in [3.8, 4) is 0 Å². The molecule has 21 heavy (non-hydrogen) atoms. The van der Waals surface area contributed by atoms with E-state index in [9.17, 15) is 4.79 Å². The van der Waals surface area contributed by atoms with E-state index in [1.54, 1.807) is 0 Å². The van der Waals surface area contributed by atoms with E-state index in [-0.39, 0.29) is 30.3 Å². The maximum Gasteiger partial charge on any atom is 0.239 e. The van der Waals surface area contributed by atoms with Gasteiger partial charge in [-0.25, -0.2) is 0 Å². The van der Waals surface area contributed by atoms with Crippen LogP contribution in [-0.4, -0.2) is 54.0 Å². The molecule has 1 saturated heterocycles. The summed E-state index contributed by atoms with van der Waals surface area (Å²) in [5.41, 5.74) is 5.98. The molecule has 1 saturated carbocycles. The fourth-order valence-corrected chi connectivity index (χ4v) is 3.41. The van der Waals surface area contributed by atoms with Gasteiger partial charge < -0.3 is 10.6 Å². The normalized spacial score (nSPS) is 29.1. The van der Waals surface area contributed by atoms with Gasteiger partial charge in [0.05, 0.1) is 6.04 Å². The first-order valence-corrected chi connectivity index (χ1v) is 8.27. The van der Waals surface area contributed by atoms with E-state index >= 15 is 0 Å². The van der Waals surface area contributed by atoms with Crippen LogP contribution >= 0.6 is 12.4 Å². The Bertz CT molecular complexity index is 321. The molecule has 0 spiro atoms. The van der Waals surface area contributed by atoms with Crippen molar-refractivity contribution in [1.29, 1.82) is 0 Å². The van der Waals surface area contributed by atoms with Crippen LogP contribution in [0.25, 0.3) is 0 Å². The molecule has 0 aromatic carbocycles. The number of hydrogen-bond donors (Lipinski definition) is 1. The molecule has 2 fully saturated rings. The Kier molecular flexibility index (Phi) is 7.45. The second-order valence-electron chi connectivity index (χ2n) is 7.04. The zero-order valence-corrected chi connectivity index (χ0v) is 14.6. The average molecular weight is 318 g/mol. The van der Waals surface area contributed by atoms with Gasteiger partial charge in [-0.05, 0) is 37.5 Å². The molecule has 5 heteroatoms. The lowest BCUT2D eigenvalue weighted by molar-refractivity contribution is -0.135. The molecule has 2 aliphatic rings. The zero-order valence-electron chi connectivity index (χ0n) is 13.8. The number of hydrogen-bond acceptors (Lipinski definition) is 3. The molecule has 4 nitrogen and oxygen atoms in total. The quantitative estimate of drug-likeness (QED) is 0.867. The smallest absolute Gasteiger partial charge is 0.239 e. The lowest BCUT2D eigenvalue weighted by Gasteiger charge is -2.42. The maximum absolute atomic E-state index is 12.2. The number of carbonyl (C=O) groups excluding carboxylic acids is 1. The number of halogens is 1. The largest absolute Gasteiger partial charge is 0.339 e. The molecular weight excluding hydrogens is 286 g/mol. The van der Waals surface area contributed by atoms with Gasteiger partial charge in [0.2, 0.25) is 5.91 Å². The Morgan fingerprint density at radius 1 is 1.05 bits per heavy atom. The first-order valence-electron chi connectivity index (χ1n) is 8.27. The number of nitrogens with zero attached hydrogens (tertiary/aromatic N) is 2. The van der Waals surface area contributed by atoms with E-state index < -0.39 is 0 Å². The second kappa shape index (κ2) is 8.35. The molecule has 0 bridgehead atoms. The van der Waals surface area contributed by atoms with Gasteiger partial charge in [-0.1, -0.05) is 20.8 Å². The SMILES string of the molecule is CC1CCC(N2CCN(C(=O)[C@@H](N)C(C)C)CC2)CC1.Cl. The van der Waals surface area contributed by atoms with Crippen molar-refractivity contribution in [3.05, 3.63) is 0 Å². The minimum absolute atomic E-state index is 0. The third kappa shape index (κ3) is 4.83. The third-order valence-corrected chi connectivity index (χ3v) is 5.13. The number of carbonyl (C=O) groups is 1. The summed E-state index contributed by atoms with van der Waals surface area (Å²) in [4.78, 5) is 16.8. The molecular formula is C16H32ClN3O. The monoisotopic (exact) mass is 317 g/mol. The van der Waals surface area contributed by atoms with E-state index in [1.165, 1.54) is 25.7 Å². The second-order valence-corrected chi connectivity index (χ2v) is 7.04. The summed E-state index contributed by atoms with van der Waals surface area (Å²) >= 11 is 0. The Balaban J connectivity index is 0.00000220. The Morgan fingerprint density at radius 3 is 2.05 bits per heavy atom. The van der Waals surface area contributed by atoms with Gasteiger partial charge in [-0.15, -0.1) is 12.4 Å². The lowest BCUT2D eigenvalue weighted by atomic mass is 9.86. The van der Waals surface area contributed by atoms with Crippen LogP contribution < -0.4 is 5.73 Å². The van der Waals surface area contributed by atoms with Crippen LogP contribution in [0.5, 0.6) is 0 Å². The van der Waals surface area contributed by atoms with Gasteiger partial charge in [0.25, 0.3) is 0 Å². The van der Waals surface area contributed by atoms with Gasteiger partial charge >= 0.3 is 0 Å². The Hall–Kier alpha value is -0.320. The number of amides is 1. The van der Waals surface area contributed by atoms with Crippen molar-refractivity contribution in [2.45, 2.75) is 58.5 Å². The summed E-state index contributed by atoms with van der Waals surface area (Å²) in [6.07, 6.45) is 5.39. The van der Waals surface area contributed by atoms with Crippen LogP contribution in [0.2, 0.25) is 0 Å². The molecule has 2 rings (SSSR count). The molecule has 2 N–H and O–H groups in total. The van der Waals surface area contributed by atoms with Gasteiger partial charge in [0.1, 0.15) is 0 Å². The first-order chi connectivity index (χ1) is 9.49. The molecule has 1 heterocycles. The predicted octanol–water partition coefficient (Wildman–Crippen LogP) is 2.11. The highest BCUT2D eigenvalue weighted by molar-refractivity contribution is 5.85. The molecule has 0 aromatic heterocycles. The van der Waals surface area contributed by atoms with Crippen LogP contribution in [0.4, 0.5) is 0 Å². The number of rotatable bonds is 3. The van der Waals surface area contributed by atoms with E-state index in [2.05, 4.69) is 11.8 Å². The highest BCUT2D eigenvalue weighted by Crippen LogP contribution is 2.27. The maximum atomic E-state index is 12.2. The van der Waals surface area contributed by atoms with Crippen molar-refractivity contribution < 1.29 is 4.79 Å². The van der Waals surface area contributed by atoms with E-state index in [1.807, 2.05) is 18.7 Å². The van der Waals surface area contributed by atoms with Gasteiger partial charge in [-0.3, -0.25) is 9.69 Å². The van der Waals surface area contributed by atoms with E-state index in [4.69, 9.17) is 5.73 Å². The van der Waals surface area contributed by atoms with Crippen molar-refractivity contribution >= 4 is 18.3 Å². The van der Waals surface area contributed by atoms with Crippen molar-refractivity contribution in [2.75, 3.05) is 26.2 Å². The van der Waals surface area contributed by atoms with Crippen LogP contribution in [-0.2, 0) is 4.79 Å². The molecule has 0 radical (unpaired) electrons. The molecule has 1 amide bonds. The molecule has 1 aliphatic heterocycles. The summed E-state index contributed by atoms with van der Waals surface area (Å²) in [6.45, 7) is 10.1. The van der Waals surface area contributed by atoms with Crippen molar-refractivity contribution in [3.63, 3.8) is 0 Å². The molecule has 0 unspecified atom stereocenters. The molecule has 0 aromatic rings. The van der Waals surface area contributed by atoms with Crippen LogP contribution in [0.15, 0.2) is 0 Å². The zero-order chi connectivity index (χ0) is 14.7. The third-order valence-electron chi connectivity index (χ3n) is 5.13. The highest BCUT2D eigenvalue weighted by Gasteiger charge is 2.30. The fourth-order valence-electron chi connectivity index (χ4n) is 3.41. The first kappa shape index (κ1) is 18.7. The molecule has 1 atom stereocenters. The van der Waals surface area contributed by atoms with Crippen LogP contribution in [0.3, 0.4) is 0 Å². The minimum atomic E-state index is -0.336. The summed E-state index contributed by atoms with van der Waals surface area (Å²) in [7, 11) is 0. The van der Waals surface area contributed by atoms with E-state index in [0.29, 0.717) is 0 Å². The lowest BCUT2D eigenvalue weighted by Crippen LogP contribution is -2.56. The van der Waals surface area contributed by atoms with Crippen LogP contribution in [0, 0.1) is 11.8 Å². The summed E-state index contributed by atoms with van der Waals surface area (Å²) < 4.78 is 0. The summed E-state index contributed by atoms with van der Waals surface area (Å²) in [6, 6.07) is 0.416. The van der Waals surface area contributed by atoms with Crippen molar-refractivity contribution in [1.82, 2.24) is 9.80 Å². The topological polar surface area (TPSA) is 49.6 Å². The average Bonchev–Trinajstić information content (AvgIpc) is 2.46. The Morgan fingerprint density at radius 2 is 1.57 bits per heavy atom. The summed E-state index contributed by atoms with van der Waals surface area (Å²) in [5.74, 6) is 1.26.